The van der Waals surface area contributed by atoms with Crippen molar-refractivity contribution in [1.29, 1.82) is 0 Å². The smallest absolute Gasteiger partial charge is 0.270 e. The highest BCUT2D eigenvalue weighted by atomic mass is 35.5. The van der Waals surface area contributed by atoms with Crippen molar-refractivity contribution in [1.82, 2.24) is 9.88 Å². The van der Waals surface area contributed by atoms with Crippen LogP contribution in [0.15, 0.2) is 72.8 Å². The van der Waals surface area contributed by atoms with Gasteiger partial charge in [-0.3, -0.25) is 4.79 Å². The number of amides is 1. The fraction of sp³-hybridized carbons (Fsp3) is 0.333. The maximum Gasteiger partial charge on any atom is 0.270 e. The summed E-state index contributed by atoms with van der Waals surface area (Å²) in [6.07, 6.45) is 1.63. The second kappa shape index (κ2) is 11.4. The van der Waals surface area contributed by atoms with Crippen LogP contribution in [0.25, 0.3) is 10.9 Å². The lowest BCUT2D eigenvalue weighted by atomic mass is 9.72. The molecule has 0 saturated carbocycles. The Labute approximate surface area is 243 Å². The molecule has 1 aliphatic rings. The van der Waals surface area contributed by atoms with Gasteiger partial charge in [0.15, 0.2) is 0 Å². The number of aromatic nitrogens is 1. The van der Waals surface area contributed by atoms with Gasteiger partial charge >= 0.3 is 0 Å². The van der Waals surface area contributed by atoms with Crippen molar-refractivity contribution in [2.75, 3.05) is 20.2 Å². The molecule has 3 aromatic carbocycles. The number of fused-ring (bicyclic) bond motifs is 1. The van der Waals surface area contributed by atoms with Gasteiger partial charge in [-0.1, -0.05) is 72.3 Å². The third-order valence-electron chi connectivity index (χ3n) is 8.20. The van der Waals surface area contributed by atoms with Crippen LogP contribution in [-0.2, 0) is 22.7 Å². The van der Waals surface area contributed by atoms with E-state index >= 15 is 0 Å². The van der Waals surface area contributed by atoms with Crippen LogP contribution in [0.5, 0.6) is 5.88 Å². The Kier molecular flexibility index (Phi) is 8.04. The van der Waals surface area contributed by atoms with Crippen LogP contribution in [0.1, 0.15) is 54.5 Å². The van der Waals surface area contributed by atoms with Crippen LogP contribution in [0.4, 0.5) is 8.78 Å². The molecule has 0 spiro atoms. The van der Waals surface area contributed by atoms with Gasteiger partial charge in [-0.05, 0) is 47.6 Å². The second-order valence-electron chi connectivity index (χ2n) is 10.8. The van der Waals surface area contributed by atoms with E-state index in [-0.39, 0.29) is 17.4 Å². The normalized spacial score (nSPS) is 16.0. The summed E-state index contributed by atoms with van der Waals surface area (Å²) >= 11 is 7.02. The number of hydrogen-bond donors (Lipinski definition) is 1. The van der Waals surface area contributed by atoms with E-state index in [9.17, 15) is 18.7 Å². The van der Waals surface area contributed by atoms with Gasteiger partial charge in [-0.2, -0.15) is 0 Å². The number of carbonyl (C=O) groups is 1. The zero-order valence-electron chi connectivity index (χ0n) is 23.3. The molecule has 1 aromatic heterocycles. The van der Waals surface area contributed by atoms with E-state index in [0.717, 1.165) is 18.1 Å². The molecule has 1 atom stereocenters. The summed E-state index contributed by atoms with van der Waals surface area (Å²) in [5.74, 6) is -2.66. The largest absolute Gasteiger partial charge is 0.481 e. The molecule has 5 nitrogen and oxygen atoms in total. The number of carbonyl (C=O) groups excluding carboxylic acids is 1. The van der Waals surface area contributed by atoms with Gasteiger partial charge < -0.3 is 14.7 Å². The highest BCUT2D eigenvalue weighted by molar-refractivity contribution is 6.36. The Hall–Kier alpha value is -3.55. The number of halogens is 3. The first-order chi connectivity index (χ1) is 19.5. The van der Waals surface area contributed by atoms with Crippen molar-refractivity contribution in [2.45, 2.75) is 44.6 Å². The van der Waals surface area contributed by atoms with Gasteiger partial charge in [-0.25, -0.2) is 13.8 Å². The lowest BCUT2D eigenvalue weighted by Crippen LogP contribution is -2.45. The highest BCUT2D eigenvalue weighted by Crippen LogP contribution is 2.44. The molecule has 1 fully saturated rings. The van der Waals surface area contributed by atoms with Crippen LogP contribution in [0, 0.1) is 5.92 Å². The predicted molar refractivity (Wildman–Crippen MR) is 157 cm³/mol. The molecule has 4 aromatic rings. The maximum absolute atomic E-state index is 13.7. The third-order valence-corrected chi connectivity index (χ3v) is 8.63. The second-order valence-corrected chi connectivity index (χ2v) is 11.2. The fourth-order valence-electron chi connectivity index (χ4n) is 5.86. The maximum atomic E-state index is 13.7. The van der Waals surface area contributed by atoms with E-state index in [1.54, 1.807) is 19.1 Å². The van der Waals surface area contributed by atoms with Crippen molar-refractivity contribution >= 4 is 28.4 Å². The summed E-state index contributed by atoms with van der Waals surface area (Å²) in [6, 6.07) is 21.3. The molecule has 0 bridgehead atoms. The zero-order valence-corrected chi connectivity index (χ0v) is 24.1. The van der Waals surface area contributed by atoms with Crippen molar-refractivity contribution in [3.05, 3.63) is 106 Å². The van der Waals surface area contributed by atoms with Gasteiger partial charge in [0.05, 0.1) is 17.6 Å². The van der Waals surface area contributed by atoms with E-state index in [4.69, 9.17) is 21.3 Å². The van der Waals surface area contributed by atoms with E-state index in [1.165, 1.54) is 19.2 Å². The number of piperidine rings is 1. The van der Waals surface area contributed by atoms with E-state index in [2.05, 4.69) is 0 Å². The standard InChI is InChI=1S/C33H33ClF2N2O3/c1-21(39)38-17-15-25(16-18-38)33(40,24-7-5-4-6-8-24)26-13-14-29-27(20-26)30(34)28(31(37-29)41-3)19-22-9-11-23(12-10-22)32(2,35)36/h4-14,20,25,40H,15-19H2,1-3H3. The molecule has 2 heterocycles. The van der Waals surface area contributed by atoms with Gasteiger partial charge in [0, 0.05) is 49.9 Å². The number of alkyl halides is 2. The van der Waals surface area contributed by atoms with E-state index in [1.807, 2.05) is 53.4 Å². The number of methoxy groups -OCH3 is 1. The molecular formula is C33H33ClF2N2O3. The number of rotatable bonds is 7. The number of nitrogens with zero attached hydrogens (tertiary/aromatic N) is 2. The number of hydrogen-bond acceptors (Lipinski definition) is 4. The average molecular weight is 579 g/mol. The molecule has 0 aliphatic carbocycles. The molecule has 214 valence electrons. The number of aliphatic hydroxyl groups is 1. The van der Waals surface area contributed by atoms with Crippen LogP contribution < -0.4 is 4.74 Å². The summed E-state index contributed by atoms with van der Waals surface area (Å²) in [6.45, 7) is 3.60. The molecule has 1 saturated heterocycles. The highest BCUT2D eigenvalue weighted by Gasteiger charge is 2.42. The molecule has 5 rings (SSSR count). The summed E-state index contributed by atoms with van der Waals surface area (Å²) in [5.41, 5.74) is 2.11. The van der Waals surface area contributed by atoms with Gasteiger partial charge in [0.25, 0.3) is 5.92 Å². The lowest BCUT2D eigenvalue weighted by molar-refractivity contribution is -0.131. The first-order valence-corrected chi connectivity index (χ1v) is 14.1. The quantitative estimate of drug-likeness (QED) is 0.254. The molecule has 1 N–H and O–H groups in total. The SMILES string of the molecule is COc1nc2ccc(C(O)(c3ccccc3)C3CCN(C(C)=O)CC3)cc2c(Cl)c1Cc1ccc(C(C)(F)F)cc1. The molecular weight excluding hydrogens is 546 g/mol. The number of benzene rings is 3. The number of ether oxygens (including phenoxy) is 1. The first-order valence-electron chi connectivity index (χ1n) is 13.7. The topological polar surface area (TPSA) is 62.7 Å². The predicted octanol–water partition coefficient (Wildman–Crippen LogP) is 7.09. The van der Waals surface area contributed by atoms with E-state index in [0.29, 0.717) is 65.3 Å². The minimum atomic E-state index is -2.92. The van der Waals surface area contributed by atoms with Crippen LogP contribution in [0.2, 0.25) is 5.02 Å². The summed E-state index contributed by atoms with van der Waals surface area (Å²) in [5, 5.41) is 13.6. The summed E-state index contributed by atoms with van der Waals surface area (Å²) in [4.78, 5) is 18.5. The summed E-state index contributed by atoms with van der Waals surface area (Å²) in [7, 11) is 1.52. The number of likely N-dealkylation sites (tertiary alicyclic amines) is 1. The zero-order chi connectivity index (χ0) is 29.4. The Balaban J connectivity index is 1.58. The molecule has 1 unspecified atom stereocenters. The Bertz CT molecular complexity index is 1550. The van der Waals surface area contributed by atoms with Crippen LogP contribution in [0.3, 0.4) is 0 Å². The summed E-state index contributed by atoms with van der Waals surface area (Å²) < 4.78 is 33.0. The lowest BCUT2D eigenvalue weighted by Gasteiger charge is -2.42. The minimum Gasteiger partial charge on any atom is -0.481 e. The first kappa shape index (κ1) is 29.0. The molecule has 0 radical (unpaired) electrons. The average Bonchev–Trinajstić information content (AvgIpc) is 2.98. The molecule has 1 aliphatic heterocycles. The Morgan fingerprint density at radius 2 is 1.66 bits per heavy atom. The monoisotopic (exact) mass is 578 g/mol. The van der Waals surface area contributed by atoms with Crippen molar-refractivity contribution in [3.8, 4) is 5.88 Å². The van der Waals surface area contributed by atoms with E-state index < -0.39 is 11.5 Å². The minimum absolute atomic E-state index is 0.0368. The molecule has 1 amide bonds. The van der Waals surface area contributed by atoms with Gasteiger partial charge in [-0.15, -0.1) is 0 Å². The van der Waals surface area contributed by atoms with Gasteiger partial charge in [0.1, 0.15) is 5.60 Å². The number of pyridine rings is 1. The Morgan fingerprint density at radius 3 is 2.24 bits per heavy atom. The van der Waals surface area contributed by atoms with Gasteiger partial charge in [0.2, 0.25) is 11.8 Å². The van der Waals surface area contributed by atoms with Crippen molar-refractivity contribution < 1.29 is 23.4 Å². The van der Waals surface area contributed by atoms with Crippen molar-refractivity contribution in [3.63, 3.8) is 0 Å². The van der Waals surface area contributed by atoms with Crippen molar-refractivity contribution in [2.24, 2.45) is 5.92 Å². The van der Waals surface area contributed by atoms with Crippen LogP contribution >= 0.6 is 11.6 Å². The third kappa shape index (κ3) is 5.66. The molecule has 8 heteroatoms. The fourth-order valence-corrected chi connectivity index (χ4v) is 6.16. The Morgan fingerprint density at radius 1 is 1.02 bits per heavy atom. The van der Waals surface area contributed by atoms with Crippen LogP contribution in [-0.4, -0.2) is 41.1 Å². The molecule has 41 heavy (non-hydrogen) atoms.